The molecule has 0 bridgehead atoms. The second-order valence-electron chi connectivity index (χ2n) is 5.95. The van der Waals surface area contributed by atoms with E-state index in [4.69, 9.17) is 11.6 Å². The van der Waals surface area contributed by atoms with E-state index in [-0.39, 0.29) is 11.7 Å². The van der Waals surface area contributed by atoms with Crippen LogP contribution in [0.4, 0.5) is 11.6 Å². The minimum absolute atomic E-state index is 0.0379. The maximum atomic E-state index is 11.6. The number of rotatable bonds is 4. The molecule has 140 valence electrons. The van der Waals surface area contributed by atoms with Gasteiger partial charge in [0.05, 0.1) is 0 Å². The van der Waals surface area contributed by atoms with E-state index in [2.05, 4.69) is 25.7 Å². The van der Waals surface area contributed by atoms with Crippen molar-refractivity contribution in [1.82, 2.24) is 24.9 Å². The van der Waals surface area contributed by atoms with Gasteiger partial charge in [0.15, 0.2) is 11.5 Å². The minimum Gasteiger partial charge on any atom is -0.508 e. The number of nitrogens with zero attached hydrogens (tertiary/aromatic N) is 4. The molecule has 0 saturated carbocycles. The van der Waals surface area contributed by atoms with Gasteiger partial charge >= 0.3 is 0 Å². The maximum absolute atomic E-state index is 11.6. The number of nitrogens with one attached hydrogen (secondary N) is 2. The fourth-order valence-electron chi connectivity index (χ4n) is 2.75. The lowest BCUT2D eigenvalue weighted by Gasteiger charge is -2.05. The van der Waals surface area contributed by atoms with Crippen LogP contribution in [0.2, 0.25) is 5.02 Å². The van der Waals surface area contributed by atoms with E-state index in [0.717, 1.165) is 5.69 Å². The molecule has 4 aromatic rings. The summed E-state index contributed by atoms with van der Waals surface area (Å²) in [6, 6.07) is 13.4. The van der Waals surface area contributed by atoms with Crippen molar-refractivity contribution >= 4 is 34.8 Å². The number of aromatic hydroxyl groups is 1. The molecular formula is C19H15ClN6O2. The Morgan fingerprint density at radius 1 is 1.14 bits per heavy atom. The lowest BCUT2D eigenvalue weighted by molar-refractivity contribution is 0.0963. The molecule has 0 fully saturated rings. The molecule has 8 nitrogen and oxygen atoms in total. The van der Waals surface area contributed by atoms with Crippen molar-refractivity contribution in [2.45, 2.75) is 0 Å². The van der Waals surface area contributed by atoms with Crippen LogP contribution in [0.3, 0.4) is 0 Å². The quantitative estimate of drug-likeness (QED) is 0.490. The van der Waals surface area contributed by atoms with E-state index < -0.39 is 0 Å². The third-order valence-electron chi connectivity index (χ3n) is 4.02. The molecule has 0 unspecified atom stereocenters. The molecule has 2 aromatic carbocycles. The number of amides is 1. The molecule has 0 aliphatic carbocycles. The number of hydrogen-bond acceptors (Lipinski definition) is 6. The predicted molar refractivity (Wildman–Crippen MR) is 106 cm³/mol. The van der Waals surface area contributed by atoms with Crippen molar-refractivity contribution in [2.24, 2.45) is 0 Å². The first-order valence-corrected chi connectivity index (χ1v) is 8.72. The van der Waals surface area contributed by atoms with E-state index in [0.29, 0.717) is 33.6 Å². The zero-order valence-electron chi connectivity index (χ0n) is 14.7. The fourth-order valence-corrected chi connectivity index (χ4v) is 2.98. The number of phenols is 1. The van der Waals surface area contributed by atoms with Gasteiger partial charge in [-0.2, -0.15) is 9.50 Å². The summed E-state index contributed by atoms with van der Waals surface area (Å²) in [5.41, 5.74) is 2.48. The van der Waals surface area contributed by atoms with E-state index >= 15 is 0 Å². The second-order valence-corrected chi connectivity index (χ2v) is 6.39. The molecule has 0 atom stereocenters. The fraction of sp³-hybridized carbons (Fsp3) is 0.0526. The Morgan fingerprint density at radius 3 is 2.64 bits per heavy atom. The number of fused-ring (bicyclic) bond motifs is 1. The largest absolute Gasteiger partial charge is 0.508 e. The molecule has 0 saturated heterocycles. The Kier molecular flexibility index (Phi) is 4.54. The lowest BCUT2D eigenvalue weighted by atomic mass is 10.2. The molecule has 2 aromatic heterocycles. The Balaban J connectivity index is 1.68. The van der Waals surface area contributed by atoms with E-state index in [1.54, 1.807) is 60.2 Å². The van der Waals surface area contributed by atoms with Gasteiger partial charge in [-0.1, -0.05) is 11.6 Å². The highest BCUT2D eigenvalue weighted by atomic mass is 35.5. The second kappa shape index (κ2) is 7.16. The Morgan fingerprint density at radius 2 is 1.93 bits per heavy atom. The smallest absolute Gasteiger partial charge is 0.251 e. The number of benzene rings is 2. The van der Waals surface area contributed by atoms with Crippen LogP contribution >= 0.6 is 11.6 Å². The summed E-state index contributed by atoms with van der Waals surface area (Å²) >= 11 is 6.04. The minimum atomic E-state index is -0.155. The zero-order chi connectivity index (χ0) is 19.7. The molecule has 9 heteroatoms. The predicted octanol–water partition coefficient (Wildman–Crippen LogP) is 3.25. The van der Waals surface area contributed by atoms with Crippen LogP contribution < -0.4 is 10.6 Å². The maximum Gasteiger partial charge on any atom is 0.251 e. The van der Waals surface area contributed by atoms with Crippen LogP contribution in [-0.2, 0) is 0 Å². The topological polar surface area (TPSA) is 104 Å². The first-order chi connectivity index (χ1) is 13.5. The van der Waals surface area contributed by atoms with Crippen molar-refractivity contribution in [3.8, 4) is 17.1 Å². The number of hydrogen-bond donors (Lipinski definition) is 3. The zero-order valence-corrected chi connectivity index (χ0v) is 15.5. The molecule has 0 radical (unpaired) electrons. The highest BCUT2D eigenvalue weighted by Crippen LogP contribution is 2.27. The summed E-state index contributed by atoms with van der Waals surface area (Å²) in [5.74, 6) is 0.743. The van der Waals surface area contributed by atoms with Gasteiger partial charge in [-0.15, -0.1) is 5.10 Å². The number of carbonyl (C=O) groups is 1. The lowest BCUT2D eigenvalue weighted by Crippen LogP contribution is -2.17. The van der Waals surface area contributed by atoms with Crippen molar-refractivity contribution in [1.29, 1.82) is 0 Å². The van der Waals surface area contributed by atoms with Gasteiger partial charge in [0, 0.05) is 41.1 Å². The van der Waals surface area contributed by atoms with Crippen LogP contribution in [0.5, 0.6) is 5.75 Å². The van der Waals surface area contributed by atoms with E-state index in [1.807, 2.05) is 0 Å². The van der Waals surface area contributed by atoms with Gasteiger partial charge in [-0.3, -0.25) is 4.79 Å². The molecule has 1 amide bonds. The molecule has 28 heavy (non-hydrogen) atoms. The SMILES string of the molecule is CNC(=O)c1ccc(Nc2nc3ccnc(-c4cc(O)cc(Cl)c4)n3n2)cc1. The van der Waals surface area contributed by atoms with Gasteiger partial charge in [0.25, 0.3) is 5.91 Å². The van der Waals surface area contributed by atoms with Crippen molar-refractivity contribution < 1.29 is 9.90 Å². The molecule has 3 N–H and O–H groups in total. The van der Waals surface area contributed by atoms with E-state index in [1.165, 1.54) is 6.07 Å². The summed E-state index contributed by atoms with van der Waals surface area (Å²) < 4.78 is 1.56. The molecule has 4 rings (SSSR count). The Hall–Kier alpha value is -3.65. The van der Waals surface area contributed by atoms with Gasteiger partial charge in [-0.05, 0) is 42.5 Å². The number of aromatic nitrogens is 4. The third kappa shape index (κ3) is 3.45. The third-order valence-corrected chi connectivity index (χ3v) is 4.24. The van der Waals surface area contributed by atoms with Gasteiger partial charge in [0.2, 0.25) is 5.95 Å². The van der Waals surface area contributed by atoms with Crippen LogP contribution in [0.25, 0.3) is 17.0 Å². The summed E-state index contributed by atoms with van der Waals surface area (Å²) in [7, 11) is 1.58. The van der Waals surface area contributed by atoms with Crippen LogP contribution in [0, 0.1) is 0 Å². The normalized spacial score (nSPS) is 10.8. The standard InChI is InChI=1S/C19H15ClN6O2/c1-21-18(28)11-2-4-14(5-3-11)23-19-24-16-6-7-22-17(26(16)25-19)12-8-13(20)10-15(27)9-12/h2-10,27H,1H3,(H,21,28)(H,23,25). The van der Waals surface area contributed by atoms with Crippen molar-refractivity contribution in [2.75, 3.05) is 12.4 Å². The monoisotopic (exact) mass is 394 g/mol. The van der Waals surface area contributed by atoms with Crippen molar-refractivity contribution in [3.05, 3.63) is 65.3 Å². The Labute approximate surface area is 164 Å². The van der Waals surface area contributed by atoms with E-state index in [9.17, 15) is 9.90 Å². The van der Waals surface area contributed by atoms with Gasteiger partial charge in [-0.25, -0.2) is 4.98 Å². The summed E-state index contributed by atoms with van der Waals surface area (Å²) in [6.45, 7) is 0. The molecule has 0 aliphatic heterocycles. The van der Waals surface area contributed by atoms with Gasteiger partial charge < -0.3 is 15.7 Å². The average Bonchev–Trinajstić information content (AvgIpc) is 3.09. The Bertz CT molecular complexity index is 1150. The molecule has 0 spiro atoms. The van der Waals surface area contributed by atoms with Crippen LogP contribution in [0.15, 0.2) is 54.7 Å². The average molecular weight is 395 g/mol. The first kappa shape index (κ1) is 17.7. The first-order valence-electron chi connectivity index (χ1n) is 8.34. The highest BCUT2D eigenvalue weighted by Gasteiger charge is 2.12. The molecule has 0 aliphatic rings. The highest BCUT2D eigenvalue weighted by molar-refractivity contribution is 6.31. The molecule has 2 heterocycles. The molecular weight excluding hydrogens is 380 g/mol. The number of carbonyl (C=O) groups excluding carboxylic acids is 1. The number of phenolic OH excluding ortho intramolecular Hbond substituents is 1. The number of anilines is 2. The summed E-state index contributed by atoms with van der Waals surface area (Å²) in [5, 5.41) is 20.3. The number of halogens is 1. The van der Waals surface area contributed by atoms with Crippen LogP contribution in [-0.4, -0.2) is 37.6 Å². The van der Waals surface area contributed by atoms with Gasteiger partial charge in [0.1, 0.15) is 5.75 Å². The van der Waals surface area contributed by atoms with Crippen molar-refractivity contribution in [3.63, 3.8) is 0 Å². The summed E-state index contributed by atoms with van der Waals surface area (Å²) in [4.78, 5) is 20.4. The van der Waals surface area contributed by atoms with Crippen LogP contribution in [0.1, 0.15) is 10.4 Å². The summed E-state index contributed by atoms with van der Waals surface area (Å²) in [6.07, 6.45) is 1.61.